The van der Waals surface area contributed by atoms with Gasteiger partial charge in [0.25, 0.3) is 5.91 Å². The Morgan fingerprint density at radius 2 is 1.88 bits per heavy atom. The predicted octanol–water partition coefficient (Wildman–Crippen LogP) is 4.00. The van der Waals surface area contributed by atoms with Crippen LogP contribution in [0.2, 0.25) is 0 Å². The fraction of sp³-hybridized carbons (Fsp3) is 0.320. The van der Waals surface area contributed by atoms with Crippen molar-refractivity contribution in [1.82, 2.24) is 9.88 Å². The molecule has 8 heteroatoms. The molecule has 1 saturated heterocycles. The number of aryl methyl sites for hydroxylation is 2. The third kappa shape index (κ3) is 4.29. The van der Waals surface area contributed by atoms with Gasteiger partial charge in [-0.3, -0.25) is 14.6 Å². The van der Waals surface area contributed by atoms with Gasteiger partial charge in [-0.25, -0.2) is 9.78 Å². The van der Waals surface area contributed by atoms with Crippen LogP contribution in [0.1, 0.15) is 21.5 Å². The number of fused-ring (bicyclic) bond motifs is 2. The van der Waals surface area contributed by atoms with Crippen LogP contribution in [-0.2, 0) is 4.74 Å². The average molecular weight is 464 g/mol. The second-order valence-corrected chi connectivity index (χ2v) is 9.25. The van der Waals surface area contributed by atoms with Crippen LogP contribution in [0.25, 0.3) is 21.2 Å². The predicted molar refractivity (Wildman–Crippen MR) is 131 cm³/mol. The second kappa shape index (κ2) is 9.05. The summed E-state index contributed by atoms with van der Waals surface area (Å²) in [5.41, 5.74) is 2.91. The first kappa shape index (κ1) is 21.8. The number of benzene rings is 2. The molecule has 1 aliphatic heterocycles. The summed E-state index contributed by atoms with van der Waals surface area (Å²) < 4.78 is 11.9. The van der Waals surface area contributed by atoms with Gasteiger partial charge in [0.1, 0.15) is 11.1 Å². The number of anilines is 1. The molecule has 0 atom stereocenters. The van der Waals surface area contributed by atoms with Crippen LogP contribution in [0.15, 0.2) is 51.7 Å². The minimum atomic E-state index is -0.636. The fourth-order valence-electron chi connectivity index (χ4n) is 4.07. The highest BCUT2D eigenvalue weighted by Crippen LogP contribution is 2.33. The van der Waals surface area contributed by atoms with Gasteiger partial charge in [0.15, 0.2) is 5.13 Å². The van der Waals surface area contributed by atoms with Gasteiger partial charge in [0, 0.05) is 31.6 Å². The maximum atomic E-state index is 13.7. The van der Waals surface area contributed by atoms with Crippen molar-refractivity contribution in [2.24, 2.45) is 0 Å². The summed E-state index contributed by atoms with van der Waals surface area (Å²) in [4.78, 5) is 35.2. The van der Waals surface area contributed by atoms with Gasteiger partial charge in [0.2, 0.25) is 0 Å². The number of morpholine rings is 1. The van der Waals surface area contributed by atoms with Crippen molar-refractivity contribution in [3.05, 3.63) is 69.6 Å². The molecule has 0 radical (unpaired) electrons. The maximum Gasteiger partial charge on any atom is 0.349 e. The zero-order valence-corrected chi connectivity index (χ0v) is 19.5. The number of hydrogen-bond acceptors (Lipinski definition) is 7. The molecule has 4 aromatic rings. The molecule has 1 fully saturated rings. The zero-order valence-electron chi connectivity index (χ0n) is 18.7. The smallest absolute Gasteiger partial charge is 0.349 e. The van der Waals surface area contributed by atoms with Crippen molar-refractivity contribution in [1.29, 1.82) is 0 Å². The average Bonchev–Trinajstić information content (AvgIpc) is 3.28. The Kier molecular flexibility index (Phi) is 5.97. The monoisotopic (exact) mass is 463 g/mol. The number of carbonyl (C=O) groups is 1. The minimum Gasteiger partial charge on any atom is -0.422 e. The van der Waals surface area contributed by atoms with E-state index in [0.717, 1.165) is 34.4 Å². The van der Waals surface area contributed by atoms with Gasteiger partial charge in [-0.1, -0.05) is 41.7 Å². The molecule has 2 aromatic heterocycles. The molecule has 0 unspecified atom stereocenters. The Hall–Kier alpha value is -3.07. The Labute approximate surface area is 195 Å². The number of hydrogen-bond donors (Lipinski definition) is 0. The van der Waals surface area contributed by atoms with Crippen molar-refractivity contribution >= 4 is 43.6 Å². The number of para-hydroxylation sites is 1. The quantitative estimate of drug-likeness (QED) is 0.417. The molecule has 33 heavy (non-hydrogen) atoms. The molecule has 0 N–H and O–H groups in total. The van der Waals surface area contributed by atoms with Crippen LogP contribution >= 0.6 is 11.3 Å². The summed E-state index contributed by atoms with van der Waals surface area (Å²) in [6.07, 6.45) is 0. The highest BCUT2D eigenvalue weighted by molar-refractivity contribution is 7.22. The molecular formula is C25H25N3O4S. The molecular weight excluding hydrogens is 438 g/mol. The van der Waals surface area contributed by atoms with E-state index >= 15 is 0 Å². The highest BCUT2D eigenvalue weighted by Gasteiger charge is 2.26. The maximum absolute atomic E-state index is 13.7. The van der Waals surface area contributed by atoms with Crippen molar-refractivity contribution in [3.63, 3.8) is 0 Å². The van der Waals surface area contributed by atoms with E-state index in [1.807, 2.05) is 32.0 Å². The van der Waals surface area contributed by atoms with Crippen LogP contribution < -0.4 is 10.5 Å². The van der Waals surface area contributed by atoms with E-state index in [4.69, 9.17) is 14.1 Å². The Balaban J connectivity index is 1.55. The van der Waals surface area contributed by atoms with Crippen molar-refractivity contribution in [3.8, 4) is 0 Å². The summed E-state index contributed by atoms with van der Waals surface area (Å²) in [5, 5.41) is 1.30. The van der Waals surface area contributed by atoms with Gasteiger partial charge in [0.05, 0.1) is 23.4 Å². The number of aromatic nitrogens is 1. The SMILES string of the molecule is Cc1ccc(C)c2sc(N(CCN3CCOCC3)C(=O)c3cc4ccccc4oc3=O)nc12. The van der Waals surface area contributed by atoms with E-state index in [0.29, 0.717) is 42.4 Å². The van der Waals surface area contributed by atoms with Crippen molar-refractivity contribution in [2.45, 2.75) is 13.8 Å². The summed E-state index contributed by atoms with van der Waals surface area (Å²) >= 11 is 1.48. The molecule has 0 aliphatic carbocycles. The van der Waals surface area contributed by atoms with Crippen LogP contribution in [0.4, 0.5) is 5.13 Å². The van der Waals surface area contributed by atoms with E-state index in [2.05, 4.69) is 11.0 Å². The Morgan fingerprint density at radius 3 is 2.67 bits per heavy atom. The molecule has 2 aromatic carbocycles. The van der Waals surface area contributed by atoms with Gasteiger partial charge in [-0.05, 0) is 37.1 Å². The Bertz CT molecular complexity index is 1350. The van der Waals surface area contributed by atoms with Crippen LogP contribution in [-0.4, -0.2) is 55.2 Å². The van der Waals surface area contributed by atoms with Crippen LogP contribution in [0.3, 0.4) is 0 Å². The van der Waals surface area contributed by atoms with Gasteiger partial charge >= 0.3 is 5.63 Å². The summed E-state index contributed by atoms with van der Waals surface area (Å²) in [7, 11) is 0. The van der Waals surface area contributed by atoms with Crippen LogP contribution in [0, 0.1) is 13.8 Å². The highest BCUT2D eigenvalue weighted by atomic mass is 32.1. The Morgan fingerprint density at radius 1 is 1.12 bits per heavy atom. The van der Waals surface area contributed by atoms with E-state index < -0.39 is 11.5 Å². The zero-order chi connectivity index (χ0) is 22.9. The number of thiazole rings is 1. The molecule has 3 heterocycles. The van der Waals surface area contributed by atoms with Crippen molar-refractivity contribution in [2.75, 3.05) is 44.3 Å². The first-order valence-electron chi connectivity index (χ1n) is 11.0. The number of ether oxygens (including phenoxy) is 1. The third-order valence-electron chi connectivity index (χ3n) is 6.02. The largest absolute Gasteiger partial charge is 0.422 e. The fourth-order valence-corrected chi connectivity index (χ4v) is 5.21. The first-order chi connectivity index (χ1) is 16.0. The lowest BCUT2D eigenvalue weighted by Crippen LogP contribution is -2.44. The second-order valence-electron chi connectivity index (χ2n) is 8.27. The summed E-state index contributed by atoms with van der Waals surface area (Å²) in [5.74, 6) is -0.392. The molecule has 5 rings (SSSR count). The van der Waals surface area contributed by atoms with Crippen LogP contribution in [0.5, 0.6) is 0 Å². The molecule has 0 spiro atoms. The van der Waals surface area contributed by atoms with E-state index in [1.54, 1.807) is 23.1 Å². The molecule has 1 amide bonds. The molecule has 170 valence electrons. The van der Waals surface area contributed by atoms with Crippen molar-refractivity contribution < 1.29 is 13.9 Å². The topological polar surface area (TPSA) is 75.9 Å². The van der Waals surface area contributed by atoms with E-state index in [1.165, 1.54) is 11.3 Å². The molecule has 0 bridgehead atoms. The summed E-state index contributed by atoms with van der Waals surface area (Å²) in [6, 6.07) is 12.9. The lowest BCUT2D eigenvalue weighted by molar-refractivity contribution is 0.0391. The first-order valence-corrected chi connectivity index (χ1v) is 11.8. The number of amides is 1. The minimum absolute atomic E-state index is 0.0170. The molecule has 0 saturated carbocycles. The van der Waals surface area contributed by atoms with Gasteiger partial charge in [-0.15, -0.1) is 0 Å². The van der Waals surface area contributed by atoms with Gasteiger partial charge < -0.3 is 9.15 Å². The molecule has 7 nitrogen and oxygen atoms in total. The number of carbonyl (C=O) groups excluding carboxylic acids is 1. The van der Waals surface area contributed by atoms with E-state index in [9.17, 15) is 9.59 Å². The lowest BCUT2D eigenvalue weighted by atomic mass is 10.1. The number of nitrogens with zero attached hydrogens (tertiary/aromatic N) is 3. The van der Waals surface area contributed by atoms with Gasteiger partial charge in [-0.2, -0.15) is 0 Å². The number of rotatable bonds is 5. The van der Waals surface area contributed by atoms with E-state index in [-0.39, 0.29) is 5.56 Å². The summed E-state index contributed by atoms with van der Waals surface area (Å²) in [6.45, 7) is 8.15. The molecule has 1 aliphatic rings. The normalized spacial score (nSPS) is 14.7. The lowest BCUT2D eigenvalue weighted by Gasteiger charge is -2.29. The third-order valence-corrected chi connectivity index (χ3v) is 7.24. The standard InChI is InChI=1S/C25H25N3O4S/c1-16-7-8-17(2)22-21(16)26-25(33-22)28(10-9-27-11-13-31-14-12-27)23(29)19-15-18-5-3-4-6-20(18)32-24(19)30/h3-8,15H,9-14H2,1-2H3.